The third kappa shape index (κ3) is 4.57. The number of ether oxygens (including phenoxy) is 1. The minimum Gasteiger partial charge on any atom is -0.495 e. The molecule has 0 saturated heterocycles. The van der Waals surface area contributed by atoms with E-state index in [9.17, 15) is 8.42 Å². The summed E-state index contributed by atoms with van der Waals surface area (Å²) in [6.45, 7) is 4.42. The van der Waals surface area contributed by atoms with E-state index in [0.29, 0.717) is 6.54 Å². The number of aryl methyl sites for hydroxylation is 2. The van der Waals surface area contributed by atoms with Crippen LogP contribution in [-0.4, -0.2) is 25.1 Å². The zero-order chi connectivity index (χ0) is 25.3. The Hall–Kier alpha value is -4.10. The van der Waals surface area contributed by atoms with Crippen LogP contribution in [0.25, 0.3) is 22.4 Å². The van der Waals surface area contributed by atoms with Gasteiger partial charge in [-0.25, -0.2) is 4.98 Å². The van der Waals surface area contributed by atoms with Crippen LogP contribution < -0.4 is 8.92 Å². The van der Waals surface area contributed by atoms with Crippen molar-refractivity contribution in [3.63, 3.8) is 0 Å². The van der Waals surface area contributed by atoms with E-state index in [4.69, 9.17) is 13.9 Å². The van der Waals surface area contributed by atoms with Crippen molar-refractivity contribution in [3.05, 3.63) is 108 Å². The van der Waals surface area contributed by atoms with Gasteiger partial charge < -0.3 is 13.5 Å². The van der Waals surface area contributed by atoms with Crippen LogP contribution in [0.5, 0.6) is 11.5 Å². The van der Waals surface area contributed by atoms with Gasteiger partial charge >= 0.3 is 10.1 Å². The maximum Gasteiger partial charge on any atom is 0.342 e. The molecule has 0 aliphatic rings. The van der Waals surface area contributed by atoms with Crippen molar-refractivity contribution in [2.45, 2.75) is 25.3 Å². The van der Waals surface area contributed by atoms with Crippen LogP contribution >= 0.6 is 0 Å². The molecule has 5 aromatic rings. The number of benzene rings is 4. The van der Waals surface area contributed by atoms with Gasteiger partial charge in [-0.15, -0.1) is 0 Å². The Bertz CT molecular complexity index is 1640. The minimum atomic E-state index is -4.09. The lowest BCUT2D eigenvalue weighted by molar-refractivity contribution is 0.397. The smallest absolute Gasteiger partial charge is 0.342 e. The first-order chi connectivity index (χ1) is 17.4. The van der Waals surface area contributed by atoms with Gasteiger partial charge in [-0.05, 0) is 79.1 Å². The minimum absolute atomic E-state index is 0.00169. The lowest BCUT2D eigenvalue weighted by Crippen LogP contribution is -2.12. The van der Waals surface area contributed by atoms with Crippen molar-refractivity contribution in [2.75, 3.05) is 7.11 Å². The quantitative estimate of drug-likeness (QED) is 0.252. The molecule has 1 heterocycles. The average Bonchev–Trinajstić information content (AvgIpc) is 3.24. The maximum absolute atomic E-state index is 13.1. The molecule has 0 aliphatic heterocycles. The van der Waals surface area contributed by atoms with E-state index in [1.165, 1.54) is 7.11 Å². The summed E-state index contributed by atoms with van der Waals surface area (Å²) in [6, 6.07) is 28.4. The van der Waals surface area contributed by atoms with Crippen LogP contribution in [0.2, 0.25) is 0 Å². The second-order valence-electron chi connectivity index (χ2n) is 8.65. The van der Waals surface area contributed by atoms with Crippen molar-refractivity contribution >= 4 is 21.2 Å². The molecule has 0 spiro atoms. The van der Waals surface area contributed by atoms with Crippen LogP contribution in [0.3, 0.4) is 0 Å². The molecular weight excluding hydrogens is 472 g/mol. The van der Waals surface area contributed by atoms with Gasteiger partial charge in [0.1, 0.15) is 22.2 Å². The van der Waals surface area contributed by atoms with E-state index in [1.54, 1.807) is 24.3 Å². The van der Waals surface area contributed by atoms with Crippen molar-refractivity contribution in [1.82, 2.24) is 9.55 Å². The van der Waals surface area contributed by atoms with E-state index in [2.05, 4.69) is 22.8 Å². The number of methoxy groups -OCH3 is 1. The topological polar surface area (TPSA) is 70.4 Å². The van der Waals surface area contributed by atoms with Gasteiger partial charge in [-0.2, -0.15) is 8.42 Å². The van der Waals surface area contributed by atoms with Gasteiger partial charge in [0.05, 0.1) is 18.1 Å². The Labute approximate surface area is 210 Å². The third-order valence-corrected chi connectivity index (χ3v) is 7.48. The zero-order valence-electron chi connectivity index (χ0n) is 20.3. The molecule has 4 aromatic carbocycles. The summed E-state index contributed by atoms with van der Waals surface area (Å²) in [5, 5.41) is 0. The van der Waals surface area contributed by atoms with Gasteiger partial charge in [-0.3, -0.25) is 0 Å². The molecular formula is C29H26N2O4S. The number of imidazole rings is 1. The fourth-order valence-corrected chi connectivity index (χ4v) is 5.34. The van der Waals surface area contributed by atoms with Gasteiger partial charge in [0, 0.05) is 12.1 Å². The van der Waals surface area contributed by atoms with E-state index in [-0.39, 0.29) is 16.4 Å². The van der Waals surface area contributed by atoms with Crippen molar-refractivity contribution in [2.24, 2.45) is 0 Å². The molecule has 0 aliphatic carbocycles. The lowest BCUT2D eigenvalue weighted by Gasteiger charge is -2.13. The highest BCUT2D eigenvalue weighted by atomic mass is 32.2. The Kier molecular flexibility index (Phi) is 6.24. The summed E-state index contributed by atoms with van der Waals surface area (Å²) >= 11 is 0. The fraction of sp³-hybridized carbons (Fsp3) is 0.138. The van der Waals surface area contributed by atoms with Crippen LogP contribution in [0.15, 0.2) is 95.9 Å². The SMILES string of the molecule is COc1cc(C)c(C)cc1S(=O)(=O)Oc1ccc(-c2nc3ccccc3n2Cc2ccccc2)cc1. The van der Waals surface area contributed by atoms with Crippen molar-refractivity contribution in [1.29, 1.82) is 0 Å². The Morgan fingerprint density at radius 3 is 2.22 bits per heavy atom. The largest absolute Gasteiger partial charge is 0.495 e. The number of aromatic nitrogens is 2. The van der Waals surface area contributed by atoms with E-state index in [1.807, 2.05) is 62.4 Å². The summed E-state index contributed by atoms with van der Waals surface area (Å²) in [6.07, 6.45) is 0. The van der Waals surface area contributed by atoms with Crippen LogP contribution in [0, 0.1) is 13.8 Å². The van der Waals surface area contributed by atoms with E-state index < -0.39 is 10.1 Å². The number of fused-ring (bicyclic) bond motifs is 1. The predicted molar refractivity (Wildman–Crippen MR) is 141 cm³/mol. The molecule has 182 valence electrons. The van der Waals surface area contributed by atoms with Crippen molar-refractivity contribution in [3.8, 4) is 22.9 Å². The van der Waals surface area contributed by atoms with Gasteiger partial charge in [0.25, 0.3) is 0 Å². The third-order valence-electron chi connectivity index (χ3n) is 6.21. The Balaban J connectivity index is 1.48. The molecule has 0 radical (unpaired) electrons. The second kappa shape index (κ2) is 9.51. The summed E-state index contributed by atoms with van der Waals surface area (Å²) in [4.78, 5) is 4.86. The average molecular weight is 499 g/mol. The van der Waals surface area contributed by atoms with Crippen LogP contribution in [0.4, 0.5) is 0 Å². The van der Waals surface area contributed by atoms with E-state index in [0.717, 1.165) is 39.1 Å². The zero-order valence-corrected chi connectivity index (χ0v) is 21.1. The molecule has 1 aromatic heterocycles. The highest BCUT2D eigenvalue weighted by molar-refractivity contribution is 7.87. The molecule has 0 bridgehead atoms. The molecule has 0 N–H and O–H groups in total. The summed E-state index contributed by atoms with van der Waals surface area (Å²) < 4.78 is 39.0. The maximum atomic E-state index is 13.1. The molecule has 0 amide bonds. The first-order valence-electron chi connectivity index (χ1n) is 11.5. The molecule has 0 atom stereocenters. The number of hydrogen-bond acceptors (Lipinski definition) is 5. The molecule has 5 rings (SSSR count). The first-order valence-corrected chi connectivity index (χ1v) is 13.0. The molecule has 0 fully saturated rings. The van der Waals surface area contributed by atoms with Crippen molar-refractivity contribution < 1.29 is 17.3 Å². The molecule has 6 nitrogen and oxygen atoms in total. The Morgan fingerprint density at radius 2 is 1.50 bits per heavy atom. The van der Waals surface area contributed by atoms with E-state index >= 15 is 0 Å². The summed E-state index contributed by atoms with van der Waals surface area (Å²) in [7, 11) is -2.64. The molecule has 36 heavy (non-hydrogen) atoms. The summed E-state index contributed by atoms with van der Waals surface area (Å²) in [5.74, 6) is 1.26. The number of rotatable bonds is 7. The monoisotopic (exact) mass is 498 g/mol. The standard InChI is InChI=1S/C29H26N2O4S/c1-20-17-27(34-3)28(18-21(20)2)36(32,33)35-24-15-13-23(14-16-24)29-30-25-11-7-8-12-26(25)31(29)19-22-9-5-4-6-10-22/h4-18H,19H2,1-3H3. The summed E-state index contributed by atoms with van der Waals surface area (Å²) in [5.41, 5.74) is 5.72. The van der Waals surface area contributed by atoms with Gasteiger partial charge in [-0.1, -0.05) is 42.5 Å². The molecule has 0 saturated carbocycles. The highest BCUT2D eigenvalue weighted by Crippen LogP contribution is 2.31. The van der Waals surface area contributed by atoms with Crippen LogP contribution in [0.1, 0.15) is 16.7 Å². The fourth-order valence-electron chi connectivity index (χ4n) is 4.17. The van der Waals surface area contributed by atoms with Gasteiger partial charge in [0.2, 0.25) is 0 Å². The highest BCUT2D eigenvalue weighted by Gasteiger charge is 2.23. The van der Waals surface area contributed by atoms with Crippen LogP contribution in [-0.2, 0) is 16.7 Å². The number of nitrogens with zero attached hydrogens (tertiary/aromatic N) is 2. The molecule has 0 unspecified atom stereocenters. The first kappa shape index (κ1) is 23.6. The second-order valence-corrected chi connectivity index (χ2v) is 10.2. The molecule has 7 heteroatoms. The Morgan fingerprint density at radius 1 is 0.833 bits per heavy atom. The normalized spacial score (nSPS) is 11.5. The number of para-hydroxylation sites is 2. The number of hydrogen-bond donors (Lipinski definition) is 0. The lowest BCUT2D eigenvalue weighted by atomic mass is 10.1. The predicted octanol–water partition coefficient (Wildman–Crippen LogP) is 6.14. The van der Waals surface area contributed by atoms with Gasteiger partial charge in [0.15, 0.2) is 0 Å².